The molecule has 1 aromatic heterocycles. The molecule has 1 heterocycles. The van der Waals surface area contributed by atoms with Crippen LogP contribution in [0.4, 0.5) is 0 Å². The Morgan fingerprint density at radius 3 is 2.67 bits per heavy atom. The zero-order valence-electron chi connectivity index (χ0n) is 13.8. The third-order valence-corrected chi connectivity index (χ3v) is 7.46. The first-order valence-electron chi connectivity index (χ1n) is 8.33. The lowest BCUT2D eigenvalue weighted by molar-refractivity contribution is -0.0961. The average Bonchev–Trinajstić information content (AvgIpc) is 3.09. The molecule has 0 saturated heterocycles. The van der Waals surface area contributed by atoms with Crippen LogP contribution >= 0.6 is 11.3 Å². The number of rotatable bonds is 5. The van der Waals surface area contributed by atoms with Gasteiger partial charge in [0, 0.05) is 6.04 Å². The summed E-state index contributed by atoms with van der Waals surface area (Å²) in [5.41, 5.74) is 8.34. The number of nitrogens with two attached hydrogens (primary N) is 1. The first kappa shape index (κ1) is 15.5. The fourth-order valence-corrected chi connectivity index (χ4v) is 5.27. The van der Waals surface area contributed by atoms with Crippen molar-refractivity contribution in [1.29, 1.82) is 0 Å². The molecule has 118 valence electrons. The standard InChI is InChI=1S/C18H29NOS/c1-5-14(19)16(12-7-9-21-11-12)20-15-10-13-6-8-18(15,4)17(13,2)3/h7,9,11,13-16H,5-6,8,10,19H2,1-4H3. The highest BCUT2D eigenvalue weighted by Gasteiger charge is 2.62. The van der Waals surface area contributed by atoms with Crippen LogP contribution in [-0.4, -0.2) is 12.1 Å². The van der Waals surface area contributed by atoms with E-state index >= 15 is 0 Å². The summed E-state index contributed by atoms with van der Waals surface area (Å²) in [7, 11) is 0. The van der Waals surface area contributed by atoms with E-state index in [4.69, 9.17) is 10.5 Å². The molecule has 2 fully saturated rings. The van der Waals surface area contributed by atoms with Gasteiger partial charge in [0.2, 0.25) is 0 Å². The highest BCUT2D eigenvalue weighted by Crippen LogP contribution is 2.66. The van der Waals surface area contributed by atoms with Crippen molar-refractivity contribution in [2.24, 2.45) is 22.5 Å². The number of thiophene rings is 1. The quantitative estimate of drug-likeness (QED) is 0.851. The molecule has 0 aliphatic heterocycles. The smallest absolute Gasteiger partial charge is 0.0987 e. The van der Waals surface area contributed by atoms with Gasteiger partial charge in [-0.25, -0.2) is 0 Å². The van der Waals surface area contributed by atoms with Gasteiger partial charge in [-0.2, -0.15) is 11.3 Å². The van der Waals surface area contributed by atoms with Crippen molar-refractivity contribution >= 4 is 11.3 Å². The predicted molar refractivity (Wildman–Crippen MR) is 89.4 cm³/mol. The van der Waals surface area contributed by atoms with Crippen molar-refractivity contribution in [3.05, 3.63) is 22.4 Å². The van der Waals surface area contributed by atoms with Gasteiger partial charge in [-0.1, -0.05) is 27.7 Å². The van der Waals surface area contributed by atoms with E-state index in [2.05, 4.69) is 44.5 Å². The second-order valence-corrected chi connectivity index (χ2v) is 8.56. The van der Waals surface area contributed by atoms with Crippen LogP contribution in [0.3, 0.4) is 0 Å². The third-order valence-electron chi connectivity index (χ3n) is 6.76. The largest absolute Gasteiger partial charge is 0.368 e. The van der Waals surface area contributed by atoms with Gasteiger partial charge in [0.05, 0.1) is 12.2 Å². The summed E-state index contributed by atoms with van der Waals surface area (Å²) < 4.78 is 6.66. The van der Waals surface area contributed by atoms with Crippen LogP contribution in [0.2, 0.25) is 0 Å². The summed E-state index contributed by atoms with van der Waals surface area (Å²) in [5, 5.41) is 4.32. The van der Waals surface area contributed by atoms with Crippen LogP contribution in [0, 0.1) is 16.7 Å². The van der Waals surface area contributed by atoms with Crippen molar-refractivity contribution < 1.29 is 4.74 Å². The van der Waals surface area contributed by atoms with Crippen molar-refractivity contribution in [3.63, 3.8) is 0 Å². The SMILES string of the molecule is CCC(N)C(OC1CC2CCC1(C)C2(C)C)c1ccsc1. The topological polar surface area (TPSA) is 35.2 Å². The lowest BCUT2D eigenvalue weighted by Gasteiger charge is -2.41. The summed E-state index contributed by atoms with van der Waals surface area (Å²) in [6, 6.07) is 2.26. The molecule has 2 aliphatic rings. The van der Waals surface area contributed by atoms with Crippen molar-refractivity contribution in [1.82, 2.24) is 0 Å². The van der Waals surface area contributed by atoms with Gasteiger partial charge in [0.25, 0.3) is 0 Å². The number of hydrogen-bond acceptors (Lipinski definition) is 3. The molecule has 2 aliphatic carbocycles. The zero-order valence-corrected chi connectivity index (χ0v) is 14.6. The molecule has 3 rings (SSSR count). The van der Waals surface area contributed by atoms with Crippen LogP contribution in [0.5, 0.6) is 0 Å². The summed E-state index contributed by atoms with van der Waals surface area (Å²) in [6.45, 7) is 9.47. The van der Waals surface area contributed by atoms with Crippen LogP contribution in [0.15, 0.2) is 16.8 Å². The Balaban J connectivity index is 1.82. The van der Waals surface area contributed by atoms with Crippen molar-refractivity contribution in [2.45, 2.75) is 71.6 Å². The number of fused-ring (bicyclic) bond motifs is 2. The Hall–Kier alpha value is -0.380. The molecule has 21 heavy (non-hydrogen) atoms. The molecule has 5 atom stereocenters. The van der Waals surface area contributed by atoms with E-state index < -0.39 is 0 Å². The van der Waals surface area contributed by atoms with Crippen molar-refractivity contribution in [3.8, 4) is 0 Å². The minimum Gasteiger partial charge on any atom is -0.368 e. The van der Waals surface area contributed by atoms with Gasteiger partial charge >= 0.3 is 0 Å². The highest BCUT2D eigenvalue weighted by molar-refractivity contribution is 7.07. The molecule has 0 amide bonds. The molecule has 0 spiro atoms. The molecule has 2 N–H and O–H groups in total. The maximum absolute atomic E-state index is 6.66. The summed E-state index contributed by atoms with van der Waals surface area (Å²) >= 11 is 1.73. The van der Waals surface area contributed by atoms with Crippen LogP contribution < -0.4 is 5.73 Å². The predicted octanol–water partition coefficient (Wildman–Crippen LogP) is 4.76. The molecule has 2 saturated carbocycles. The van der Waals surface area contributed by atoms with E-state index in [1.54, 1.807) is 11.3 Å². The molecule has 2 nitrogen and oxygen atoms in total. The van der Waals surface area contributed by atoms with Crippen molar-refractivity contribution in [2.75, 3.05) is 0 Å². The molecule has 5 unspecified atom stereocenters. The van der Waals surface area contributed by atoms with E-state index in [1.807, 2.05) is 0 Å². The van der Waals surface area contributed by atoms with E-state index in [9.17, 15) is 0 Å². The Morgan fingerprint density at radius 1 is 1.43 bits per heavy atom. The Kier molecular flexibility index (Phi) is 3.96. The zero-order chi connectivity index (χ0) is 15.3. The van der Waals surface area contributed by atoms with Crippen LogP contribution in [0.1, 0.15) is 65.0 Å². The minimum atomic E-state index is 0.0539. The maximum atomic E-state index is 6.66. The van der Waals surface area contributed by atoms with E-state index in [-0.39, 0.29) is 12.1 Å². The van der Waals surface area contributed by atoms with Crippen LogP contribution in [-0.2, 0) is 4.74 Å². The lowest BCUT2D eigenvalue weighted by Crippen LogP contribution is -2.40. The second kappa shape index (κ2) is 5.36. The fourth-order valence-electron chi connectivity index (χ4n) is 4.59. The van der Waals surface area contributed by atoms with E-state index in [0.717, 1.165) is 12.3 Å². The Morgan fingerprint density at radius 2 is 2.19 bits per heavy atom. The average molecular weight is 308 g/mol. The first-order valence-corrected chi connectivity index (χ1v) is 9.27. The van der Waals surface area contributed by atoms with Gasteiger partial charge in [0.1, 0.15) is 0 Å². The molecule has 0 radical (unpaired) electrons. The number of ether oxygens (including phenoxy) is 1. The monoisotopic (exact) mass is 307 g/mol. The molecule has 3 heteroatoms. The first-order chi connectivity index (χ1) is 9.90. The number of hydrogen-bond donors (Lipinski definition) is 1. The van der Waals surface area contributed by atoms with Gasteiger partial charge in [-0.15, -0.1) is 0 Å². The van der Waals surface area contributed by atoms with E-state index in [0.29, 0.717) is 16.9 Å². The van der Waals surface area contributed by atoms with Gasteiger partial charge in [0.15, 0.2) is 0 Å². The minimum absolute atomic E-state index is 0.0539. The van der Waals surface area contributed by atoms with Gasteiger partial charge < -0.3 is 10.5 Å². The molecular weight excluding hydrogens is 278 g/mol. The van der Waals surface area contributed by atoms with Gasteiger partial charge in [-0.05, 0) is 64.8 Å². The molecular formula is C18H29NOS. The summed E-state index contributed by atoms with van der Waals surface area (Å²) in [6.07, 6.45) is 5.24. The molecule has 0 aromatic carbocycles. The highest BCUT2D eigenvalue weighted by atomic mass is 32.1. The Bertz CT molecular complexity index is 483. The fraction of sp³-hybridized carbons (Fsp3) is 0.778. The summed E-state index contributed by atoms with van der Waals surface area (Å²) in [5.74, 6) is 0.813. The third kappa shape index (κ3) is 2.29. The van der Waals surface area contributed by atoms with Gasteiger partial charge in [-0.3, -0.25) is 0 Å². The van der Waals surface area contributed by atoms with Crippen LogP contribution in [0.25, 0.3) is 0 Å². The lowest BCUT2D eigenvalue weighted by atomic mass is 9.70. The normalized spacial score (nSPS) is 36.8. The molecule has 1 aromatic rings. The Labute approximate surface area is 133 Å². The maximum Gasteiger partial charge on any atom is 0.0987 e. The summed E-state index contributed by atoms with van der Waals surface area (Å²) in [4.78, 5) is 0. The molecule has 2 bridgehead atoms. The van der Waals surface area contributed by atoms with E-state index in [1.165, 1.54) is 24.8 Å². The second-order valence-electron chi connectivity index (χ2n) is 7.78.